The van der Waals surface area contributed by atoms with E-state index in [1.807, 2.05) is 25.2 Å². The first-order chi connectivity index (χ1) is 9.51. The summed E-state index contributed by atoms with van der Waals surface area (Å²) in [5.74, 6) is 1.13. The van der Waals surface area contributed by atoms with Gasteiger partial charge < -0.3 is 10.1 Å². The topological polar surface area (TPSA) is 21.3 Å². The molecular formula is C14H11BrCl3NO. The van der Waals surface area contributed by atoms with E-state index in [9.17, 15) is 0 Å². The van der Waals surface area contributed by atoms with E-state index >= 15 is 0 Å². The van der Waals surface area contributed by atoms with E-state index in [-0.39, 0.29) is 0 Å². The molecular weight excluding hydrogens is 384 g/mol. The molecule has 0 aliphatic rings. The second-order valence-corrected chi connectivity index (χ2v) is 6.16. The fourth-order valence-electron chi connectivity index (χ4n) is 1.63. The van der Waals surface area contributed by atoms with Crippen molar-refractivity contribution in [3.05, 3.63) is 55.4 Å². The predicted molar refractivity (Wildman–Crippen MR) is 88.5 cm³/mol. The summed E-state index contributed by atoms with van der Waals surface area (Å²) >= 11 is 21.4. The summed E-state index contributed by atoms with van der Waals surface area (Å²) in [6.07, 6.45) is 0. The second kappa shape index (κ2) is 7.01. The molecule has 0 aliphatic heterocycles. The molecule has 0 heterocycles. The van der Waals surface area contributed by atoms with Crippen LogP contribution in [0.5, 0.6) is 11.5 Å². The maximum Gasteiger partial charge on any atom is 0.147 e. The zero-order valence-electron chi connectivity index (χ0n) is 10.5. The van der Waals surface area contributed by atoms with E-state index in [0.29, 0.717) is 26.6 Å². The molecule has 0 spiro atoms. The largest absolute Gasteiger partial charge is 0.456 e. The Morgan fingerprint density at radius 2 is 1.75 bits per heavy atom. The molecule has 1 N–H and O–H groups in total. The molecule has 0 atom stereocenters. The van der Waals surface area contributed by atoms with Crippen LogP contribution in [-0.2, 0) is 6.54 Å². The summed E-state index contributed by atoms with van der Waals surface area (Å²) in [6, 6.07) is 8.88. The van der Waals surface area contributed by atoms with E-state index in [1.165, 1.54) is 0 Å². The molecule has 20 heavy (non-hydrogen) atoms. The van der Waals surface area contributed by atoms with Gasteiger partial charge in [0.2, 0.25) is 0 Å². The molecule has 6 heteroatoms. The minimum Gasteiger partial charge on any atom is -0.456 e. The third kappa shape index (κ3) is 3.80. The molecule has 0 amide bonds. The van der Waals surface area contributed by atoms with Crippen LogP contribution in [0.3, 0.4) is 0 Å². The van der Waals surface area contributed by atoms with Crippen molar-refractivity contribution in [2.24, 2.45) is 0 Å². The summed E-state index contributed by atoms with van der Waals surface area (Å²) < 4.78 is 6.69. The maximum absolute atomic E-state index is 6.08. The first-order valence-electron chi connectivity index (χ1n) is 5.76. The van der Waals surface area contributed by atoms with Crippen molar-refractivity contribution in [2.75, 3.05) is 7.05 Å². The van der Waals surface area contributed by atoms with E-state index in [2.05, 4.69) is 21.2 Å². The van der Waals surface area contributed by atoms with E-state index < -0.39 is 0 Å². The maximum atomic E-state index is 6.08. The Labute approximate surface area is 141 Å². The lowest BCUT2D eigenvalue weighted by atomic mass is 10.2. The Morgan fingerprint density at radius 3 is 2.40 bits per heavy atom. The zero-order valence-corrected chi connectivity index (χ0v) is 14.4. The van der Waals surface area contributed by atoms with Gasteiger partial charge in [-0.2, -0.15) is 0 Å². The molecule has 106 valence electrons. The number of benzene rings is 2. The van der Waals surface area contributed by atoms with Crippen molar-refractivity contribution in [2.45, 2.75) is 6.54 Å². The molecule has 0 saturated carbocycles. The van der Waals surface area contributed by atoms with Gasteiger partial charge in [-0.25, -0.2) is 0 Å². The molecule has 0 fully saturated rings. The number of nitrogens with one attached hydrogen (secondary N) is 1. The first-order valence-corrected chi connectivity index (χ1v) is 7.69. The van der Waals surface area contributed by atoms with Gasteiger partial charge in [0.1, 0.15) is 11.5 Å². The van der Waals surface area contributed by atoms with Crippen LogP contribution in [0.1, 0.15) is 5.56 Å². The van der Waals surface area contributed by atoms with Crippen molar-refractivity contribution in [1.29, 1.82) is 0 Å². The Hall–Kier alpha value is -0.450. The fourth-order valence-corrected chi connectivity index (χ4v) is 2.71. The van der Waals surface area contributed by atoms with Gasteiger partial charge >= 0.3 is 0 Å². The lowest BCUT2D eigenvalue weighted by Crippen LogP contribution is -2.05. The van der Waals surface area contributed by atoms with E-state index in [0.717, 1.165) is 16.6 Å². The van der Waals surface area contributed by atoms with Crippen molar-refractivity contribution >= 4 is 50.7 Å². The summed E-state index contributed by atoms with van der Waals surface area (Å²) in [5, 5.41) is 4.30. The standard InChI is InChI=1S/C14H11BrCl3NO/c1-19-7-8-2-3-9(4-10(8)15)20-14-6-12(17)11(16)5-13(14)18/h2-6,19H,7H2,1H3. The average molecular weight is 396 g/mol. The van der Waals surface area contributed by atoms with Gasteiger partial charge in [-0.15, -0.1) is 0 Å². The number of hydrogen-bond donors (Lipinski definition) is 1. The SMILES string of the molecule is CNCc1ccc(Oc2cc(Cl)c(Cl)cc2Cl)cc1Br. The number of rotatable bonds is 4. The Kier molecular flexibility index (Phi) is 5.58. The number of ether oxygens (including phenoxy) is 1. The van der Waals surface area contributed by atoms with Gasteiger partial charge in [0.25, 0.3) is 0 Å². The van der Waals surface area contributed by atoms with Crippen LogP contribution in [0, 0.1) is 0 Å². The third-order valence-electron chi connectivity index (χ3n) is 2.59. The minimum atomic E-state index is 0.398. The molecule has 0 radical (unpaired) electrons. The van der Waals surface area contributed by atoms with Crippen LogP contribution < -0.4 is 10.1 Å². The highest BCUT2D eigenvalue weighted by atomic mass is 79.9. The van der Waals surface area contributed by atoms with Crippen LogP contribution in [0.4, 0.5) is 0 Å². The molecule has 0 unspecified atom stereocenters. The molecule has 0 saturated heterocycles. The number of halogens is 4. The van der Waals surface area contributed by atoms with Crippen molar-refractivity contribution in [3.8, 4) is 11.5 Å². The van der Waals surface area contributed by atoms with Gasteiger partial charge in [0.15, 0.2) is 0 Å². The smallest absolute Gasteiger partial charge is 0.147 e. The van der Waals surface area contributed by atoms with E-state index in [4.69, 9.17) is 39.5 Å². The predicted octanol–water partition coefficient (Wildman–Crippen LogP) is 5.92. The molecule has 0 bridgehead atoms. The highest BCUT2D eigenvalue weighted by Gasteiger charge is 2.09. The quantitative estimate of drug-likeness (QED) is 0.649. The third-order valence-corrected chi connectivity index (χ3v) is 4.35. The minimum absolute atomic E-state index is 0.398. The molecule has 0 aromatic heterocycles. The van der Waals surface area contributed by atoms with Crippen molar-refractivity contribution < 1.29 is 4.74 Å². The zero-order chi connectivity index (χ0) is 14.7. The Bertz CT molecular complexity index is 634. The van der Waals surface area contributed by atoms with Gasteiger partial charge in [-0.05, 0) is 30.8 Å². The monoisotopic (exact) mass is 393 g/mol. The summed E-state index contributed by atoms with van der Waals surface area (Å²) in [6.45, 7) is 0.772. The first kappa shape index (κ1) is 15.9. The van der Waals surface area contributed by atoms with Crippen LogP contribution in [-0.4, -0.2) is 7.05 Å². The number of hydrogen-bond acceptors (Lipinski definition) is 2. The Morgan fingerprint density at radius 1 is 1.05 bits per heavy atom. The molecule has 2 aromatic carbocycles. The van der Waals surface area contributed by atoms with Crippen LogP contribution in [0.2, 0.25) is 15.1 Å². The van der Waals surface area contributed by atoms with Crippen LogP contribution in [0.15, 0.2) is 34.8 Å². The van der Waals surface area contributed by atoms with Crippen molar-refractivity contribution in [3.63, 3.8) is 0 Å². The van der Waals surface area contributed by atoms with Crippen LogP contribution >= 0.6 is 50.7 Å². The second-order valence-electron chi connectivity index (χ2n) is 4.08. The molecule has 2 rings (SSSR count). The van der Waals surface area contributed by atoms with Crippen LogP contribution in [0.25, 0.3) is 0 Å². The highest BCUT2D eigenvalue weighted by molar-refractivity contribution is 9.10. The average Bonchev–Trinajstić information content (AvgIpc) is 2.39. The normalized spacial score (nSPS) is 10.7. The molecule has 2 aromatic rings. The molecule has 0 aliphatic carbocycles. The summed E-state index contributed by atoms with van der Waals surface area (Å²) in [4.78, 5) is 0. The van der Waals surface area contributed by atoms with Gasteiger partial charge in [0, 0.05) is 17.1 Å². The van der Waals surface area contributed by atoms with Gasteiger partial charge in [-0.1, -0.05) is 56.8 Å². The Balaban J connectivity index is 2.26. The lowest BCUT2D eigenvalue weighted by Gasteiger charge is -2.11. The summed E-state index contributed by atoms with van der Waals surface area (Å²) in [7, 11) is 1.90. The molecule has 2 nitrogen and oxygen atoms in total. The van der Waals surface area contributed by atoms with Gasteiger partial charge in [-0.3, -0.25) is 0 Å². The fraction of sp³-hybridized carbons (Fsp3) is 0.143. The van der Waals surface area contributed by atoms with Gasteiger partial charge in [0.05, 0.1) is 15.1 Å². The highest BCUT2D eigenvalue weighted by Crippen LogP contribution is 2.37. The van der Waals surface area contributed by atoms with E-state index in [1.54, 1.807) is 12.1 Å². The van der Waals surface area contributed by atoms with Crippen molar-refractivity contribution in [1.82, 2.24) is 5.32 Å². The lowest BCUT2D eigenvalue weighted by molar-refractivity contribution is 0.482. The summed E-state index contributed by atoms with van der Waals surface area (Å²) in [5.41, 5.74) is 1.14.